The number of ketones is 1. The van der Waals surface area contributed by atoms with Gasteiger partial charge in [0.15, 0.2) is 5.78 Å². The highest BCUT2D eigenvalue weighted by molar-refractivity contribution is 6.04. The Morgan fingerprint density at radius 3 is 2.12 bits per heavy atom. The smallest absolute Gasteiger partial charge is 0.407 e. The molecule has 1 amide bonds. The molecule has 7 nitrogen and oxygen atoms in total. The highest BCUT2D eigenvalue weighted by Crippen LogP contribution is 2.42. The average Bonchev–Trinajstić information content (AvgIpc) is 2.95. The topological polar surface area (TPSA) is 91.2 Å². The number of nitrogens with zero attached hydrogens (tertiary/aromatic N) is 2. The van der Waals surface area contributed by atoms with Gasteiger partial charge in [-0.2, -0.15) is 0 Å². The van der Waals surface area contributed by atoms with Gasteiger partial charge < -0.3 is 20.2 Å². The number of rotatable bonds is 8. The molecule has 2 N–H and O–H groups in total. The lowest BCUT2D eigenvalue weighted by atomic mass is 9.67. The molecule has 0 radical (unpaired) electrons. The second kappa shape index (κ2) is 13.1. The molecule has 7 heteroatoms. The van der Waals surface area contributed by atoms with Crippen molar-refractivity contribution >= 4 is 17.6 Å². The number of piperidine rings is 1. The van der Waals surface area contributed by atoms with Crippen LogP contribution in [0.1, 0.15) is 59.3 Å². The maximum absolute atomic E-state index is 14.2. The van der Waals surface area contributed by atoms with Crippen LogP contribution in [0.5, 0.6) is 0 Å². The normalized spacial score (nSPS) is 19.9. The van der Waals surface area contributed by atoms with Gasteiger partial charge in [-0.15, -0.1) is 0 Å². The van der Waals surface area contributed by atoms with Gasteiger partial charge in [-0.25, -0.2) is 4.79 Å². The number of ether oxygens (including phenoxy) is 1. The molecule has 3 aromatic carbocycles. The molecular formula is C34H41N3O4. The van der Waals surface area contributed by atoms with Crippen molar-refractivity contribution in [3.63, 3.8) is 0 Å². The van der Waals surface area contributed by atoms with Crippen LogP contribution in [0, 0.1) is 25.7 Å². The van der Waals surface area contributed by atoms with Crippen LogP contribution >= 0.6 is 0 Å². The molecule has 1 saturated heterocycles. The van der Waals surface area contributed by atoms with Crippen LogP contribution in [-0.4, -0.2) is 59.5 Å². The Hall–Kier alpha value is -3.97. The SMILES string of the molecule is Cc1cccc([C@H]2[C@@H](C(=O)c3ccccc3)CN(CCNC(=O)OC(C)(C)C)C[C@@H]2C(=NO)c2ccccc2)c1C. The summed E-state index contributed by atoms with van der Waals surface area (Å²) in [6.07, 6.45) is -0.474. The number of hydrogen-bond donors (Lipinski definition) is 2. The average molecular weight is 556 g/mol. The number of oxime groups is 1. The van der Waals surface area contributed by atoms with Gasteiger partial charge in [0, 0.05) is 49.5 Å². The van der Waals surface area contributed by atoms with Gasteiger partial charge in [0.2, 0.25) is 0 Å². The number of nitrogens with one attached hydrogen (secondary N) is 1. The Morgan fingerprint density at radius 1 is 0.902 bits per heavy atom. The molecule has 1 heterocycles. The van der Waals surface area contributed by atoms with E-state index in [-0.39, 0.29) is 17.6 Å². The van der Waals surface area contributed by atoms with Crippen LogP contribution < -0.4 is 5.32 Å². The first kappa shape index (κ1) is 30.0. The van der Waals surface area contributed by atoms with E-state index in [1.54, 1.807) is 0 Å². The van der Waals surface area contributed by atoms with Gasteiger partial charge in [0.1, 0.15) is 5.60 Å². The van der Waals surface area contributed by atoms with E-state index in [4.69, 9.17) is 4.74 Å². The maximum atomic E-state index is 14.2. The molecule has 216 valence electrons. The summed E-state index contributed by atoms with van der Waals surface area (Å²) >= 11 is 0. The van der Waals surface area contributed by atoms with Crippen molar-refractivity contribution in [1.29, 1.82) is 0 Å². The Morgan fingerprint density at radius 2 is 1.51 bits per heavy atom. The van der Waals surface area contributed by atoms with E-state index in [1.165, 1.54) is 0 Å². The van der Waals surface area contributed by atoms with Gasteiger partial charge in [0.25, 0.3) is 0 Å². The van der Waals surface area contributed by atoms with E-state index in [9.17, 15) is 14.8 Å². The molecule has 0 saturated carbocycles. The number of amides is 1. The minimum atomic E-state index is -0.589. The van der Waals surface area contributed by atoms with Crippen molar-refractivity contribution in [2.75, 3.05) is 26.2 Å². The zero-order valence-electron chi connectivity index (χ0n) is 24.6. The zero-order valence-corrected chi connectivity index (χ0v) is 24.6. The summed E-state index contributed by atoms with van der Waals surface area (Å²) in [4.78, 5) is 28.7. The summed E-state index contributed by atoms with van der Waals surface area (Å²) in [5.41, 5.74) is 4.81. The second-order valence-electron chi connectivity index (χ2n) is 11.8. The summed E-state index contributed by atoms with van der Waals surface area (Å²) < 4.78 is 5.40. The lowest BCUT2D eigenvalue weighted by Crippen LogP contribution is -2.52. The fourth-order valence-electron chi connectivity index (χ4n) is 5.79. The number of alkyl carbamates (subject to hydrolysis) is 1. The Labute approximate surface area is 243 Å². The molecule has 1 fully saturated rings. The fourth-order valence-corrected chi connectivity index (χ4v) is 5.79. The molecule has 41 heavy (non-hydrogen) atoms. The largest absolute Gasteiger partial charge is 0.444 e. The van der Waals surface area contributed by atoms with E-state index in [0.717, 1.165) is 22.3 Å². The molecule has 1 aliphatic heterocycles. The van der Waals surface area contributed by atoms with E-state index in [1.807, 2.05) is 87.5 Å². The molecule has 0 bridgehead atoms. The van der Waals surface area contributed by atoms with E-state index < -0.39 is 17.6 Å². The second-order valence-corrected chi connectivity index (χ2v) is 11.8. The number of aryl methyl sites for hydroxylation is 1. The van der Waals surface area contributed by atoms with Gasteiger partial charge in [-0.1, -0.05) is 84.0 Å². The summed E-state index contributed by atoms with van der Waals surface area (Å²) in [5, 5.41) is 17.1. The summed E-state index contributed by atoms with van der Waals surface area (Å²) in [7, 11) is 0. The third kappa shape index (κ3) is 7.41. The summed E-state index contributed by atoms with van der Waals surface area (Å²) in [6.45, 7) is 11.6. The number of benzene rings is 3. The summed E-state index contributed by atoms with van der Waals surface area (Å²) in [5.74, 6) is -0.852. The summed E-state index contributed by atoms with van der Waals surface area (Å²) in [6, 6.07) is 25.3. The predicted octanol–water partition coefficient (Wildman–Crippen LogP) is 6.22. The van der Waals surface area contributed by atoms with Crippen molar-refractivity contribution < 1.29 is 19.5 Å². The molecule has 3 aromatic rings. The third-order valence-corrected chi connectivity index (χ3v) is 7.80. The number of likely N-dealkylation sites (tertiary alicyclic amines) is 1. The molecular weight excluding hydrogens is 514 g/mol. The van der Waals surface area contributed by atoms with Gasteiger partial charge in [-0.3, -0.25) is 4.79 Å². The standard InChI is InChI=1S/C34H41N3O4/c1-23-13-12-18-27(24(23)2)30-28(31(36-40)25-14-8-6-9-15-25)21-37(20-19-35-33(39)41-34(3,4)5)22-29(30)32(38)26-16-10-7-11-17-26/h6-18,28-30,40H,19-22H2,1-5H3,(H,35,39)/t28-,29-,30+/m0/s1. The molecule has 0 aromatic heterocycles. The zero-order chi connectivity index (χ0) is 29.6. The van der Waals surface area contributed by atoms with Crippen molar-refractivity contribution in [1.82, 2.24) is 10.2 Å². The third-order valence-electron chi connectivity index (χ3n) is 7.80. The van der Waals surface area contributed by atoms with Crippen molar-refractivity contribution in [2.45, 2.75) is 46.1 Å². The van der Waals surface area contributed by atoms with E-state index in [2.05, 4.69) is 41.4 Å². The lowest BCUT2D eigenvalue weighted by Gasteiger charge is -2.44. The van der Waals surface area contributed by atoms with E-state index in [0.29, 0.717) is 37.5 Å². The number of carbonyl (C=O) groups excluding carboxylic acids is 2. The monoisotopic (exact) mass is 555 g/mol. The lowest BCUT2D eigenvalue weighted by molar-refractivity contribution is 0.0507. The fraction of sp³-hybridized carbons (Fsp3) is 0.382. The van der Waals surface area contributed by atoms with Gasteiger partial charge in [0.05, 0.1) is 5.71 Å². The van der Waals surface area contributed by atoms with Crippen molar-refractivity contribution in [3.05, 3.63) is 107 Å². The quantitative estimate of drug-likeness (QED) is 0.149. The van der Waals surface area contributed by atoms with E-state index >= 15 is 0 Å². The Kier molecular flexibility index (Phi) is 9.61. The van der Waals surface area contributed by atoms with Crippen LogP contribution in [0.2, 0.25) is 0 Å². The molecule has 3 atom stereocenters. The highest BCUT2D eigenvalue weighted by atomic mass is 16.6. The molecule has 1 aliphatic rings. The number of Topliss-reactive ketones (excluding diaryl/α,β-unsaturated/α-hetero) is 1. The maximum Gasteiger partial charge on any atom is 0.407 e. The first-order valence-corrected chi connectivity index (χ1v) is 14.2. The van der Waals surface area contributed by atoms with Crippen LogP contribution in [-0.2, 0) is 4.74 Å². The van der Waals surface area contributed by atoms with Crippen molar-refractivity contribution in [2.24, 2.45) is 17.0 Å². The minimum Gasteiger partial charge on any atom is -0.444 e. The highest BCUT2D eigenvalue weighted by Gasteiger charge is 2.44. The molecule has 0 unspecified atom stereocenters. The van der Waals surface area contributed by atoms with Crippen molar-refractivity contribution in [3.8, 4) is 0 Å². The molecule has 0 aliphatic carbocycles. The van der Waals surface area contributed by atoms with Gasteiger partial charge >= 0.3 is 6.09 Å². The van der Waals surface area contributed by atoms with Gasteiger partial charge in [-0.05, 0) is 56.9 Å². The number of carbonyl (C=O) groups is 2. The molecule has 0 spiro atoms. The minimum absolute atomic E-state index is 0.0525. The van der Waals surface area contributed by atoms with Crippen LogP contribution in [0.3, 0.4) is 0 Å². The van der Waals surface area contributed by atoms with Crippen LogP contribution in [0.4, 0.5) is 4.79 Å². The first-order chi connectivity index (χ1) is 19.6. The molecule has 4 rings (SSSR count). The first-order valence-electron chi connectivity index (χ1n) is 14.2. The van der Waals surface area contributed by atoms with Crippen LogP contribution in [0.25, 0.3) is 0 Å². The Bertz CT molecular complexity index is 1370. The predicted molar refractivity (Wildman–Crippen MR) is 162 cm³/mol. The Balaban J connectivity index is 1.75. The number of hydrogen-bond acceptors (Lipinski definition) is 6. The van der Waals surface area contributed by atoms with Crippen LogP contribution in [0.15, 0.2) is 84.0 Å².